The molecule has 0 amide bonds. The number of carbonyl (C=O) groups is 1. The summed E-state index contributed by atoms with van der Waals surface area (Å²) in [7, 11) is -4.12. The van der Waals surface area contributed by atoms with Crippen molar-refractivity contribution in [2.24, 2.45) is 0 Å². The maximum atomic E-state index is 12.4. The van der Waals surface area contributed by atoms with Crippen LogP contribution in [0.15, 0.2) is 35.7 Å². The summed E-state index contributed by atoms with van der Waals surface area (Å²) in [6, 6.07) is 5.44. The molecular formula is C12H11ClN2O4S. The molecule has 0 heterocycles. The van der Waals surface area contributed by atoms with Crippen LogP contribution in [0.2, 0.25) is 5.02 Å². The van der Waals surface area contributed by atoms with Gasteiger partial charge >= 0.3 is 5.97 Å². The Morgan fingerprint density at radius 1 is 1.55 bits per heavy atom. The Labute approximate surface area is 121 Å². The van der Waals surface area contributed by atoms with Crippen molar-refractivity contribution >= 4 is 27.6 Å². The summed E-state index contributed by atoms with van der Waals surface area (Å²) in [6.07, 6.45) is 1.27. The van der Waals surface area contributed by atoms with Gasteiger partial charge < -0.3 is 5.11 Å². The zero-order valence-corrected chi connectivity index (χ0v) is 11.9. The zero-order valence-electron chi connectivity index (χ0n) is 10.3. The van der Waals surface area contributed by atoms with Gasteiger partial charge in [0, 0.05) is 11.6 Å². The lowest BCUT2D eigenvalue weighted by atomic mass is 10.2. The molecular weight excluding hydrogens is 304 g/mol. The number of hydrogen-bond donors (Lipinski definition) is 1. The molecule has 0 aromatic heterocycles. The average molecular weight is 315 g/mol. The van der Waals surface area contributed by atoms with Gasteiger partial charge in [0.2, 0.25) is 10.0 Å². The monoisotopic (exact) mass is 314 g/mol. The van der Waals surface area contributed by atoms with E-state index in [1.54, 1.807) is 6.07 Å². The van der Waals surface area contributed by atoms with Gasteiger partial charge in [-0.1, -0.05) is 17.7 Å². The number of rotatable bonds is 6. The molecule has 6 nitrogen and oxygen atoms in total. The number of nitrogens with zero attached hydrogens (tertiary/aromatic N) is 2. The summed E-state index contributed by atoms with van der Waals surface area (Å²) in [5, 5.41) is 18.0. The highest BCUT2D eigenvalue weighted by atomic mass is 35.5. The first-order valence-electron chi connectivity index (χ1n) is 5.35. The Balaban J connectivity index is 3.37. The van der Waals surface area contributed by atoms with Crippen LogP contribution < -0.4 is 0 Å². The Morgan fingerprint density at radius 2 is 2.20 bits per heavy atom. The first-order chi connectivity index (χ1) is 9.32. The molecule has 1 aromatic rings. The van der Waals surface area contributed by atoms with Crippen molar-refractivity contribution in [2.45, 2.75) is 4.90 Å². The van der Waals surface area contributed by atoms with Crippen LogP contribution in [0.5, 0.6) is 0 Å². The third kappa shape index (κ3) is 3.57. The molecule has 0 atom stereocenters. The van der Waals surface area contributed by atoms with E-state index in [1.807, 2.05) is 0 Å². The summed E-state index contributed by atoms with van der Waals surface area (Å²) < 4.78 is 25.5. The van der Waals surface area contributed by atoms with Crippen molar-refractivity contribution < 1.29 is 18.3 Å². The van der Waals surface area contributed by atoms with Gasteiger partial charge in [-0.2, -0.15) is 9.57 Å². The van der Waals surface area contributed by atoms with Crippen LogP contribution in [-0.2, 0) is 14.8 Å². The Bertz CT molecular complexity index is 679. The molecule has 1 aromatic carbocycles. The van der Waals surface area contributed by atoms with Gasteiger partial charge in [-0.3, -0.25) is 4.79 Å². The van der Waals surface area contributed by atoms with Crippen molar-refractivity contribution in [3.05, 3.63) is 41.4 Å². The molecule has 8 heteroatoms. The van der Waals surface area contributed by atoms with Crippen LogP contribution in [-0.4, -0.2) is 36.9 Å². The van der Waals surface area contributed by atoms with Gasteiger partial charge in [0.05, 0.1) is 5.56 Å². The summed E-state index contributed by atoms with van der Waals surface area (Å²) in [4.78, 5) is 10.5. The molecule has 106 valence electrons. The zero-order chi connectivity index (χ0) is 15.3. The van der Waals surface area contributed by atoms with Gasteiger partial charge in [0.1, 0.15) is 17.5 Å². The van der Waals surface area contributed by atoms with Gasteiger partial charge in [-0.25, -0.2) is 8.42 Å². The van der Waals surface area contributed by atoms with E-state index in [0.717, 1.165) is 0 Å². The minimum atomic E-state index is -4.12. The van der Waals surface area contributed by atoms with Gasteiger partial charge in [-0.15, -0.1) is 6.58 Å². The normalized spacial score (nSPS) is 11.1. The van der Waals surface area contributed by atoms with E-state index < -0.39 is 22.5 Å². The lowest BCUT2D eigenvalue weighted by molar-refractivity contribution is -0.137. The Kier molecular flexibility index (Phi) is 5.27. The van der Waals surface area contributed by atoms with E-state index in [-0.39, 0.29) is 22.0 Å². The molecule has 0 saturated heterocycles. The maximum absolute atomic E-state index is 12.4. The first kappa shape index (κ1) is 16.2. The lowest BCUT2D eigenvalue weighted by Gasteiger charge is -2.19. The van der Waals surface area contributed by atoms with E-state index >= 15 is 0 Å². The molecule has 0 unspecified atom stereocenters. The lowest BCUT2D eigenvalue weighted by Crippen LogP contribution is -2.36. The van der Waals surface area contributed by atoms with Crippen LogP contribution in [0.4, 0.5) is 0 Å². The van der Waals surface area contributed by atoms with Crippen LogP contribution in [0.1, 0.15) is 5.56 Å². The quantitative estimate of drug-likeness (QED) is 0.802. The Morgan fingerprint density at radius 3 is 2.70 bits per heavy atom. The molecule has 0 aliphatic carbocycles. The van der Waals surface area contributed by atoms with Gasteiger partial charge in [0.15, 0.2) is 0 Å². The van der Waals surface area contributed by atoms with Crippen molar-refractivity contribution in [3.8, 4) is 6.07 Å². The highest BCUT2D eigenvalue weighted by Gasteiger charge is 2.28. The van der Waals surface area contributed by atoms with Crippen LogP contribution in [0.3, 0.4) is 0 Å². The fraction of sp³-hybridized carbons (Fsp3) is 0.167. The van der Waals surface area contributed by atoms with E-state index in [9.17, 15) is 13.2 Å². The van der Waals surface area contributed by atoms with Crippen molar-refractivity contribution in [1.82, 2.24) is 4.31 Å². The van der Waals surface area contributed by atoms with Crippen molar-refractivity contribution in [2.75, 3.05) is 13.1 Å². The topological polar surface area (TPSA) is 98.5 Å². The summed E-state index contributed by atoms with van der Waals surface area (Å²) >= 11 is 5.70. The number of nitriles is 1. The van der Waals surface area contributed by atoms with E-state index in [0.29, 0.717) is 4.31 Å². The first-order valence-corrected chi connectivity index (χ1v) is 7.17. The smallest absolute Gasteiger partial charge is 0.318 e. The van der Waals surface area contributed by atoms with Gasteiger partial charge in [0.25, 0.3) is 0 Å². The summed E-state index contributed by atoms with van der Waals surface area (Å²) in [5.41, 5.74) is -0.142. The molecule has 0 radical (unpaired) electrons. The number of sulfonamides is 1. The SMILES string of the molecule is C=CCN(CC(=O)O)S(=O)(=O)c1ccc(Cl)cc1C#N. The summed E-state index contributed by atoms with van der Waals surface area (Å²) in [6.45, 7) is 2.49. The molecule has 0 saturated carbocycles. The summed E-state index contributed by atoms with van der Waals surface area (Å²) in [5.74, 6) is -1.30. The minimum Gasteiger partial charge on any atom is -0.480 e. The Hall–Kier alpha value is -1.88. The number of halogens is 1. The van der Waals surface area contributed by atoms with Gasteiger partial charge in [-0.05, 0) is 18.2 Å². The number of carboxylic acid groups (broad SMARTS) is 1. The molecule has 0 aliphatic rings. The molecule has 1 N–H and O–H groups in total. The highest BCUT2D eigenvalue weighted by Crippen LogP contribution is 2.23. The molecule has 0 aliphatic heterocycles. The van der Waals surface area contributed by atoms with Crippen LogP contribution in [0, 0.1) is 11.3 Å². The predicted molar refractivity (Wildman–Crippen MR) is 72.8 cm³/mol. The molecule has 0 bridgehead atoms. The second-order valence-electron chi connectivity index (χ2n) is 3.73. The second-order valence-corrected chi connectivity index (χ2v) is 6.08. The number of benzene rings is 1. The maximum Gasteiger partial charge on any atom is 0.318 e. The van der Waals surface area contributed by atoms with Crippen molar-refractivity contribution in [3.63, 3.8) is 0 Å². The molecule has 1 rings (SSSR count). The van der Waals surface area contributed by atoms with E-state index in [1.165, 1.54) is 24.3 Å². The molecule has 20 heavy (non-hydrogen) atoms. The molecule has 0 fully saturated rings. The van der Waals surface area contributed by atoms with E-state index in [4.69, 9.17) is 22.0 Å². The largest absolute Gasteiger partial charge is 0.480 e. The number of hydrogen-bond acceptors (Lipinski definition) is 4. The third-order valence-corrected chi connectivity index (χ3v) is 4.43. The number of carboxylic acids is 1. The van der Waals surface area contributed by atoms with Crippen molar-refractivity contribution in [1.29, 1.82) is 5.26 Å². The molecule has 0 spiro atoms. The fourth-order valence-corrected chi connectivity index (χ4v) is 3.15. The van der Waals surface area contributed by atoms with Crippen LogP contribution >= 0.6 is 11.6 Å². The van der Waals surface area contributed by atoms with E-state index in [2.05, 4.69) is 6.58 Å². The standard InChI is InChI=1S/C12H11ClN2O4S/c1-2-5-15(8-12(16)17)20(18,19)11-4-3-10(13)6-9(11)7-14/h2-4,6H,1,5,8H2,(H,16,17). The fourth-order valence-electron chi connectivity index (χ4n) is 1.50. The minimum absolute atomic E-state index is 0.142. The van der Waals surface area contributed by atoms with Crippen LogP contribution in [0.25, 0.3) is 0 Å². The average Bonchev–Trinajstić information content (AvgIpc) is 2.37. The number of aliphatic carboxylic acids is 1. The third-order valence-electron chi connectivity index (χ3n) is 2.32. The second kappa shape index (κ2) is 6.52. The highest BCUT2D eigenvalue weighted by molar-refractivity contribution is 7.89. The predicted octanol–water partition coefficient (Wildman–Crippen LogP) is 1.47.